The first-order chi connectivity index (χ1) is 13.8. The Morgan fingerprint density at radius 1 is 0.931 bits per heavy atom. The highest BCUT2D eigenvalue weighted by Gasteiger charge is 2.24. The first-order valence-electron chi connectivity index (χ1n) is 11.0. The van der Waals surface area contributed by atoms with E-state index in [1.807, 2.05) is 32.6 Å². The van der Waals surface area contributed by atoms with Crippen molar-refractivity contribution in [1.82, 2.24) is 20.0 Å². The molecule has 1 N–H and O–H groups in total. The number of aliphatic imine (C=N–C) groups is 1. The van der Waals surface area contributed by atoms with Crippen molar-refractivity contribution in [2.24, 2.45) is 4.99 Å². The number of esters is 1. The normalized spacial score (nSPS) is 19.7. The fourth-order valence-electron chi connectivity index (χ4n) is 3.67. The fourth-order valence-corrected chi connectivity index (χ4v) is 3.67. The number of hydrogen-bond acceptors (Lipinski definition) is 5. The van der Waals surface area contributed by atoms with Gasteiger partial charge in [0.25, 0.3) is 0 Å². The van der Waals surface area contributed by atoms with E-state index in [2.05, 4.69) is 20.1 Å². The number of carbonyl (C=O) groups is 2. The maximum absolute atomic E-state index is 12.6. The molecule has 2 aliphatic rings. The van der Waals surface area contributed by atoms with Gasteiger partial charge in [0.15, 0.2) is 5.96 Å². The predicted octanol–water partition coefficient (Wildman–Crippen LogP) is 1.31. The number of nitrogens with zero attached hydrogens (tertiary/aromatic N) is 4. The molecular formula is C21H39N5O3. The summed E-state index contributed by atoms with van der Waals surface area (Å²) in [5.41, 5.74) is -0.503. The summed E-state index contributed by atoms with van der Waals surface area (Å²) in [4.78, 5) is 35.4. The monoisotopic (exact) mass is 409 g/mol. The first-order valence-corrected chi connectivity index (χ1v) is 11.0. The van der Waals surface area contributed by atoms with Crippen LogP contribution in [0.3, 0.4) is 0 Å². The molecule has 8 heteroatoms. The number of piperazine rings is 1. The number of guanidine groups is 1. The maximum atomic E-state index is 12.6. The summed E-state index contributed by atoms with van der Waals surface area (Å²) in [6.45, 7) is 13.8. The van der Waals surface area contributed by atoms with Crippen molar-refractivity contribution in [3.63, 3.8) is 0 Å². The number of likely N-dealkylation sites (tertiary alicyclic amines) is 1. The molecule has 0 spiro atoms. The van der Waals surface area contributed by atoms with Gasteiger partial charge in [-0.05, 0) is 40.5 Å². The van der Waals surface area contributed by atoms with Crippen molar-refractivity contribution in [2.45, 2.75) is 59.0 Å². The van der Waals surface area contributed by atoms with Crippen LogP contribution < -0.4 is 5.32 Å². The molecule has 2 rings (SSSR count). The Labute approximate surface area is 175 Å². The second-order valence-electron chi connectivity index (χ2n) is 8.81. The minimum absolute atomic E-state index is 0.00721. The average molecular weight is 410 g/mol. The van der Waals surface area contributed by atoms with Crippen LogP contribution in [-0.4, -0.2) is 97.0 Å². The van der Waals surface area contributed by atoms with Gasteiger partial charge < -0.3 is 19.9 Å². The Morgan fingerprint density at radius 3 is 2.10 bits per heavy atom. The molecule has 8 nitrogen and oxygen atoms in total. The molecule has 0 atom stereocenters. The van der Waals surface area contributed by atoms with Gasteiger partial charge in [0.1, 0.15) is 12.1 Å². The van der Waals surface area contributed by atoms with E-state index in [0.29, 0.717) is 6.54 Å². The summed E-state index contributed by atoms with van der Waals surface area (Å²) in [5, 5.41) is 3.26. The van der Waals surface area contributed by atoms with Gasteiger partial charge in [-0.2, -0.15) is 0 Å². The Morgan fingerprint density at radius 2 is 1.55 bits per heavy atom. The predicted molar refractivity (Wildman–Crippen MR) is 115 cm³/mol. The molecule has 1 amide bonds. The summed E-state index contributed by atoms with van der Waals surface area (Å²) in [7, 11) is 0. The highest BCUT2D eigenvalue weighted by Crippen LogP contribution is 2.11. The zero-order valence-corrected chi connectivity index (χ0v) is 18.7. The Bertz CT molecular complexity index is 557. The van der Waals surface area contributed by atoms with Crippen molar-refractivity contribution in [3.8, 4) is 0 Å². The quantitative estimate of drug-likeness (QED) is 0.419. The molecule has 0 radical (unpaired) electrons. The van der Waals surface area contributed by atoms with Gasteiger partial charge in [0.05, 0.1) is 6.54 Å². The van der Waals surface area contributed by atoms with E-state index in [4.69, 9.17) is 4.74 Å². The topological polar surface area (TPSA) is 77.5 Å². The molecule has 0 unspecified atom stereocenters. The van der Waals surface area contributed by atoms with Crippen LogP contribution in [0.5, 0.6) is 0 Å². The lowest BCUT2D eigenvalue weighted by atomic mass is 10.2. The summed E-state index contributed by atoms with van der Waals surface area (Å²) < 4.78 is 5.34. The number of nitrogens with one attached hydrogen (secondary N) is 1. The lowest BCUT2D eigenvalue weighted by Gasteiger charge is -2.37. The lowest BCUT2D eigenvalue weighted by Crippen LogP contribution is -2.54. The van der Waals surface area contributed by atoms with Gasteiger partial charge >= 0.3 is 5.97 Å². The Balaban J connectivity index is 1.82. The minimum atomic E-state index is -0.503. The molecule has 0 aromatic heterocycles. The van der Waals surface area contributed by atoms with Crippen molar-refractivity contribution in [2.75, 3.05) is 58.9 Å². The van der Waals surface area contributed by atoms with E-state index in [-0.39, 0.29) is 18.4 Å². The third-order valence-corrected chi connectivity index (χ3v) is 5.10. The van der Waals surface area contributed by atoms with E-state index in [1.54, 1.807) is 0 Å². The number of carbonyl (C=O) groups excluding carboxylic acids is 2. The van der Waals surface area contributed by atoms with Gasteiger partial charge in [-0.25, -0.2) is 4.99 Å². The van der Waals surface area contributed by atoms with Crippen molar-refractivity contribution < 1.29 is 14.3 Å². The van der Waals surface area contributed by atoms with Crippen LogP contribution in [0, 0.1) is 0 Å². The van der Waals surface area contributed by atoms with Gasteiger partial charge in [-0.3, -0.25) is 14.5 Å². The van der Waals surface area contributed by atoms with Crippen LogP contribution >= 0.6 is 0 Å². The standard InChI is InChI=1S/C21H39N5O3/c1-5-22-20(23-16-19(28)29-21(2,3)4)26-14-12-24(13-15-26)17-18(27)25-10-8-6-7-9-11-25/h5-17H2,1-4H3,(H,22,23). The summed E-state index contributed by atoms with van der Waals surface area (Å²) in [6.07, 6.45) is 4.72. The maximum Gasteiger partial charge on any atom is 0.328 e. The molecule has 166 valence electrons. The van der Waals surface area contributed by atoms with E-state index in [1.165, 1.54) is 12.8 Å². The van der Waals surface area contributed by atoms with Crippen molar-refractivity contribution in [1.29, 1.82) is 0 Å². The van der Waals surface area contributed by atoms with Gasteiger partial charge in [-0.1, -0.05) is 12.8 Å². The summed E-state index contributed by atoms with van der Waals surface area (Å²) in [6, 6.07) is 0. The van der Waals surface area contributed by atoms with Crippen molar-refractivity contribution >= 4 is 17.8 Å². The molecule has 0 aliphatic carbocycles. The van der Waals surface area contributed by atoms with E-state index < -0.39 is 5.60 Å². The van der Waals surface area contributed by atoms with Crippen LogP contribution in [-0.2, 0) is 14.3 Å². The molecule has 2 aliphatic heterocycles. The van der Waals surface area contributed by atoms with Crippen LogP contribution in [0.4, 0.5) is 0 Å². The zero-order chi connectivity index (χ0) is 21.3. The van der Waals surface area contributed by atoms with E-state index >= 15 is 0 Å². The Hall–Kier alpha value is -1.83. The van der Waals surface area contributed by atoms with E-state index in [0.717, 1.165) is 64.6 Å². The van der Waals surface area contributed by atoms with Crippen LogP contribution in [0.15, 0.2) is 4.99 Å². The minimum Gasteiger partial charge on any atom is -0.459 e. The molecule has 0 saturated carbocycles. The fraction of sp³-hybridized carbons (Fsp3) is 0.857. The van der Waals surface area contributed by atoms with Gasteiger partial charge in [-0.15, -0.1) is 0 Å². The number of rotatable bonds is 5. The Kier molecular flexibility index (Phi) is 9.20. The van der Waals surface area contributed by atoms with Crippen LogP contribution in [0.2, 0.25) is 0 Å². The number of amides is 1. The highest BCUT2D eigenvalue weighted by molar-refractivity contribution is 5.83. The smallest absolute Gasteiger partial charge is 0.328 e. The second kappa shape index (κ2) is 11.4. The molecule has 29 heavy (non-hydrogen) atoms. The van der Waals surface area contributed by atoms with Crippen LogP contribution in [0.1, 0.15) is 53.4 Å². The third kappa shape index (κ3) is 8.60. The largest absolute Gasteiger partial charge is 0.459 e. The molecule has 2 saturated heterocycles. The summed E-state index contributed by atoms with van der Waals surface area (Å²) >= 11 is 0. The third-order valence-electron chi connectivity index (χ3n) is 5.10. The second-order valence-corrected chi connectivity index (χ2v) is 8.81. The van der Waals surface area contributed by atoms with Gasteiger partial charge in [0.2, 0.25) is 5.91 Å². The molecule has 2 heterocycles. The lowest BCUT2D eigenvalue weighted by molar-refractivity contribution is -0.152. The molecular weight excluding hydrogens is 370 g/mol. The molecule has 2 fully saturated rings. The molecule has 0 bridgehead atoms. The van der Waals surface area contributed by atoms with E-state index in [9.17, 15) is 9.59 Å². The SMILES string of the molecule is CCNC(=NCC(=O)OC(C)(C)C)N1CCN(CC(=O)N2CCCCCC2)CC1. The average Bonchev–Trinajstić information content (AvgIpc) is 2.94. The van der Waals surface area contributed by atoms with Gasteiger partial charge in [0, 0.05) is 45.8 Å². The number of ether oxygens (including phenoxy) is 1. The highest BCUT2D eigenvalue weighted by atomic mass is 16.6. The molecule has 0 aromatic rings. The zero-order valence-electron chi connectivity index (χ0n) is 18.7. The van der Waals surface area contributed by atoms with Crippen molar-refractivity contribution in [3.05, 3.63) is 0 Å². The summed E-state index contributed by atoms with van der Waals surface area (Å²) in [5.74, 6) is 0.664. The number of hydrogen-bond donors (Lipinski definition) is 1. The first kappa shape index (κ1) is 23.4. The van der Waals surface area contributed by atoms with Crippen LogP contribution in [0.25, 0.3) is 0 Å². The molecule has 0 aromatic carbocycles.